The molecule has 168 valence electrons. The molecule has 0 radical (unpaired) electrons. The summed E-state index contributed by atoms with van der Waals surface area (Å²) in [4.78, 5) is 34.3. The number of rotatable bonds is 8. The topological polar surface area (TPSA) is 123 Å². The van der Waals surface area contributed by atoms with Crippen molar-refractivity contribution in [3.05, 3.63) is 98.0 Å². The lowest BCUT2D eigenvalue weighted by Crippen LogP contribution is -2.20. The van der Waals surface area contributed by atoms with Gasteiger partial charge in [0.15, 0.2) is 6.61 Å². The van der Waals surface area contributed by atoms with E-state index in [0.29, 0.717) is 27.0 Å². The number of benzene rings is 3. The lowest BCUT2D eigenvalue weighted by Gasteiger charge is -2.08. The number of nitrogens with one attached hydrogen (secondary N) is 2. The summed E-state index contributed by atoms with van der Waals surface area (Å²) in [6.45, 7) is -0.215. The van der Waals surface area contributed by atoms with E-state index in [-0.39, 0.29) is 23.8 Å². The van der Waals surface area contributed by atoms with Crippen LogP contribution in [0.15, 0.2) is 71.8 Å². The van der Waals surface area contributed by atoms with Gasteiger partial charge in [0.05, 0.1) is 21.2 Å². The normalized spacial score (nSPS) is 10.6. The number of hydrogen-bond acceptors (Lipinski definition) is 6. The predicted octanol–water partition coefficient (Wildman–Crippen LogP) is 4.68. The van der Waals surface area contributed by atoms with Gasteiger partial charge in [-0.2, -0.15) is 5.10 Å². The standard InChI is InChI=1S/C22H16Cl2N4O5/c23-19-9-6-16(11-20(19)24)26-21(29)13-33-18-7-4-14(5-8-18)12-25-27-22(30)15-2-1-3-17(10-15)28(31)32/h1-12H,13H2,(H,26,29)(H,27,30)/b25-12-. The molecule has 33 heavy (non-hydrogen) atoms. The van der Waals surface area contributed by atoms with Crippen LogP contribution >= 0.6 is 23.2 Å². The first-order valence-electron chi connectivity index (χ1n) is 9.37. The Morgan fingerprint density at radius 2 is 1.79 bits per heavy atom. The van der Waals surface area contributed by atoms with E-state index in [1.54, 1.807) is 36.4 Å². The number of hydrogen-bond donors (Lipinski definition) is 2. The van der Waals surface area contributed by atoms with E-state index in [4.69, 9.17) is 27.9 Å². The lowest BCUT2D eigenvalue weighted by atomic mass is 10.2. The highest BCUT2D eigenvalue weighted by Gasteiger charge is 2.10. The number of non-ortho nitro benzene ring substituents is 1. The van der Waals surface area contributed by atoms with E-state index < -0.39 is 10.8 Å². The summed E-state index contributed by atoms with van der Waals surface area (Å²) >= 11 is 11.8. The van der Waals surface area contributed by atoms with Gasteiger partial charge >= 0.3 is 0 Å². The number of halogens is 2. The second-order valence-corrected chi connectivity index (χ2v) is 7.36. The highest BCUT2D eigenvalue weighted by atomic mass is 35.5. The minimum Gasteiger partial charge on any atom is -0.484 e. The van der Waals surface area contributed by atoms with Crippen molar-refractivity contribution >= 4 is 52.6 Å². The van der Waals surface area contributed by atoms with Crippen LogP contribution in [-0.2, 0) is 4.79 Å². The second kappa shape index (κ2) is 11.1. The summed E-state index contributed by atoms with van der Waals surface area (Å²) in [7, 11) is 0. The predicted molar refractivity (Wildman–Crippen MR) is 125 cm³/mol. The van der Waals surface area contributed by atoms with Gasteiger partial charge in [0.25, 0.3) is 17.5 Å². The van der Waals surface area contributed by atoms with Gasteiger partial charge in [0, 0.05) is 23.4 Å². The minimum atomic E-state index is -0.583. The average Bonchev–Trinajstić information content (AvgIpc) is 2.81. The molecule has 2 amide bonds. The molecule has 0 saturated heterocycles. The molecule has 2 N–H and O–H groups in total. The first kappa shape index (κ1) is 23.7. The summed E-state index contributed by atoms with van der Waals surface area (Å²) in [5.74, 6) is -0.497. The summed E-state index contributed by atoms with van der Waals surface area (Å²) in [6, 6.07) is 16.7. The zero-order valence-electron chi connectivity index (χ0n) is 16.8. The van der Waals surface area contributed by atoms with Crippen LogP contribution in [0.5, 0.6) is 5.75 Å². The zero-order chi connectivity index (χ0) is 23.8. The molecule has 0 aliphatic rings. The number of hydrazone groups is 1. The Balaban J connectivity index is 1.48. The second-order valence-electron chi connectivity index (χ2n) is 6.54. The number of ether oxygens (including phenoxy) is 1. The summed E-state index contributed by atoms with van der Waals surface area (Å²) in [6.07, 6.45) is 1.40. The van der Waals surface area contributed by atoms with Crippen molar-refractivity contribution in [3.8, 4) is 5.75 Å². The molecule has 0 unspecified atom stereocenters. The maximum absolute atomic E-state index is 12.1. The minimum absolute atomic E-state index is 0.115. The fourth-order valence-electron chi connectivity index (χ4n) is 2.56. The van der Waals surface area contributed by atoms with Crippen LogP contribution in [0.1, 0.15) is 15.9 Å². The van der Waals surface area contributed by atoms with E-state index in [0.717, 1.165) is 6.07 Å². The highest BCUT2D eigenvalue weighted by Crippen LogP contribution is 2.25. The van der Waals surface area contributed by atoms with Gasteiger partial charge in [-0.3, -0.25) is 19.7 Å². The first-order chi connectivity index (χ1) is 15.8. The Hall–Kier alpha value is -3.95. The van der Waals surface area contributed by atoms with Crippen molar-refractivity contribution in [3.63, 3.8) is 0 Å². The number of anilines is 1. The Kier molecular flexibility index (Phi) is 7.96. The van der Waals surface area contributed by atoms with Crippen LogP contribution in [-0.4, -0.2) is 29.6 Å². The Morgan fingerprint density at radius 1 is 1.03 bits per heavy atom. The monoisotopic (exact) mass is 486 g/mol. The molecule has 0 aliphatic carbocycles. The van der Waals surface area contributed by atoms with Crippen LogP contribution in [0.25, 0.3) is 0 Å². The summed E-state index contributed by atoms with van der Waals surface area (Å²) in [5.41, 5.74) is 3.38. The maximum atomic E-state index is 12.1. The molecule has 0 spiro atoms. The molecule has 0 atom stereocenters. The van der Waals surface area contributed by atoms with Crippen molar-refractivity contribution < 1.29 is 19.2 Å². The van der Waals surface area contributed by atoms with Gasteiger partial charge in [-0.25, -0.2) is 5.43 Å². The number of nitro benzene ring substituents is 1. The van der Waals surface area contributed by atoms with Crippen LogP contribution in [0.3, 0.4) is 0 Å². The molecule has 0 aromatic heterocycles. The smallest absolute Gasteiger partial charge is 0.271 e. The van der Waals surface area contributed by atoms with Crippen LogP contribution in [0.2, 0.25) is 10.0 Å². The van der Waals surface area contributed by atoms with E-state index >= 15 is 0 Å². The van der Waals surface area contributed by atoms with E-state index in [1.807, 2.05) is 0 Å². The van der Waals surface area contributed by atoms with Gasteiger partial charge in [-0.1, -0.05) is 29.3 Å². The molecule has 0 aliphatic heterocycles. The third-order valence-corrected chi connectivity index (χ3v) is 4.89. The number of amides is 2. The number of carbonyl (C=O) groups excluding carboxylic acids is 2. The lowest BCUT2D eigenvalue weighted by molar-refractivity contribution is -0.384. The summed E-state index contributed by atoms with van der Waals surface area (Å²) < 4.78 is 5.44. The van der Waals surface area contributed by atoms with E-state index in [2.05, 4.69) is 15.8 Å². The molecule has 0 saturated carbocycles. The number of nitrogens with zero attached hydrogens (tertiary/aromatic N) is 2. The van der Waals surface area contributed by atoms with Gasteiger partial charge < -0.3 is 10.1 Å². The van der Waals surface area contributed by atoms with Gasteiger partial charge in [-0.05, 0) is 54.1 Å². The molecule has 0 bridgehead atoms. The van der Waals surface area contributed by atoms with Crippen LogP contribution < -0.4 is 15.5 Å². The van der Waals surface area contributed by atoms with Crippen LogP contribution in [0, 0.1) is 10.1 Å². The largest absolute Gasteiger partial charge is 0.484 e. The molecule has 0 heterocycles. The van der Waals surface area contributed by atoms with Crippen molar-refractivity contribution in [1.29, 1.82) is 0 Å². The van der Waals surface area contributed by atoms with E-state index in [9.17, 15) is 19.7 Å². The Labute approximate surface area is 198 Å². The highest BCUT2D eigenvalue weighted by molar-refractivity contribution is 6.42. The molecule has 3 rings (SSSR count). The molecule has 0 fully saturated rings. The number of nitro groups is 1. The first-order valence-corrected chi connectivity index (χ1v) is 10.1. The molecular weight excluding hydrogens is 471 g/mol. The molecule has 3 aromatic carbocycles. The van der Waals surface area contributed by atoms with Crippen molar-refractivity contribution in [2.24, 2.45) is 5.10 Å². The number of carbonyl (C=O) groups is 2. The van der Waals surface area contributed by atoms with Gasteiger partial charge in [-0.15, -0.1) is 0 Å². The molecule has 9 nitrogen and oxygen atoms in total. The molecular formula is C22H16Cl2N4O5. The maximum Gasteiger partial charge on any atom is 0.271 e. The average molecular weight is 487 g/mol. The SMILES string of the molecule is O=C(COc1ccc(/C=N\NC(=O)c2cccc([N+](=O)[O-])c2)cc1)Nc1ccc(Cl)c(Cl)c1. The van der Waals surface area contributed by atoms with Gasteiger partial charge in [0.1, 0.15) is 5.75 Å². The fourth-order valence-corrected chi connectivity index (χ4v) is 2.86. The van der Waals surface area contributed by atoms with Crippen molar-refractivity contribution in [1.82, 2.24) is 5.43 Å². The van der Waals surface area contributed by atoms with Crippen molar-refractivity contribution in [2.75, 3.05) is 11.9 Å². The van der Waals surface area contributed by atoms with Crippen LogP contribution in [0.4, 0.5) is 11.4 Å². The Bertz CT molecular complexity index is 1220. The van der Waals surface area contributed by atoms with E-state index in [1.165, 1.54) is 30.5 Å². The van der Waals surface area contributed by atoms with Crippen molar-refractivity contribution in [2.45, 2.75) is 0 Å². The third kappa shape index (κ3) is 7.03. The quantitative estimate of drug-likeness (QED) is 0.271. The summed E-state index contributed by atoms with van der Waals surface area (Å²) in [5, 5.41) is 18.0. The third-order valence-electron chi connectivity index (χ3n) is 4.15. The molecule has 3 aromatic rings. The fraction of sp³-hybridized carbons (Fsp3) is 0.0455. The van der Waals surface area contributed by atoms with Gasteiger partial charge in [0.2, 0.25) is 0 Å². The molecule has 11 heteroatoms. The Morgan fingerprint density at radius 3 is 2.48 bits per heavy atom. The zero-order valence-corrected chi connectivity index (χ0v) is 18.3.